The molecule has 2 fully saturated rings. The number of nitrogens with zero attached hydrogens (tertiary/aromatic N) is 1. The second-order valence-corrected chi connectivity index (χ2v) is 6.63. The minimum atomic E-state index is -0.433. The van der Waals surface area contributed by atoms with Gasteiger partial charge in [-0.1, -0.05) is 17.7 Å². The Morgan fingerprint density at radius 1 is 1.39 bits per heavy atom. The van der Waals surface area contributed by atoms with Crippen LogP contribution in [0.3, 0.4) is 0 Å². The van der Waals surface area contributed by atoms with E-state index in [-0.39, 0.29) is 23.0 Å². The van der Waals surface area contributed by atoms with Crippen LogP contribution in [0.5, 0.6) is 0 Å². The van der Waals surface area contributed by atoms with Crippen molar-refractivity contribution in [1.29, 1.82) is 0 Å². The molecule has 1 N–H and O–H groups in total. The van der Waals surface area contributed by atoms with Crippen molar-refractivity contribution < 1.29 is 13.9 Å². The van der Waals surface area contributed by atoms with E-state index in [1.54, 1.807) is 6.07 Å². The molecule has 0 radical (unpaired) electrons. The van der Waals surface area contributed by atoms with Gasteiger partial charge in [-0.05, 0) is 30.5 Å². The molecular formula is C17H22ClFN2O2. The van der Waals surface area contributed by atoms with Crippen molar-refractivity contribution in [3.8, 4) is 0 Å². The molecule has 1 amide bonds. The number of carbonyl (C=O) groups excluding carboxylic acids is 1. The van der Waals surface area contributed by atoms with Crippen LogP contribution < -0.4 is 5.32 Å². The van der Waals surface area contributed by atoms with Crippen LogP contribution >= 0.6 is 11.6 Å². The Labute approximate surface area is 140 Å². The SMILES string of the molecule is O=C1CCCCN1CC1CNCCOC1c1ccc(Cl)c(F)c1. The molecule has 6 heteroatoms. The van der Waals surface area contributed by atoms with Gasteiger partial charge in [0, 0.05) is 38.5 Å². The lowest BCUT2D eigenvalue weighted by Gasteiger charge is -2.33. The number of benzene rings is 1. The highest BCUT2D eigenvalue weighted by Crippen LogP contribution is 2.31. The molecule has 4 nitrogen and oxygen atoms in total. The number of piperidine rings is 1. The Morgan fingerprint density at radius 2 is 2.26 bits per heavy atom. The molecule has 0 spiro atoms. The standard InChI is InChI=1S/C17H22ClFN2O2/c18-14-5-4-12(9-15(14)19)17-13(10-20-6-8-23-17)11-21-7-2-1-3-16(21)22/h4-5,9,13,17,20H,1-3,6-8,10-11H2. The fraction of sp³-hybridized carbons (Fsp3) is 0.588. The van der Waals surface area contributed by atoms with Crippen LogP contribution in [0.1, 0.15) is 30.9 Å². The van der Waals surface area contributed by atoms with Crippen LogP contribution in [-0.2, 0) is 9.53 Å². The number of ether oxygens (including phenoxy) is 1. The summed E-state index contributed by atoms with van der Waals surface area (Å²) in [6.45, 7) is 3.52. The van der Waals surface area contributed by atoms with E-state index in [9.17, 15) is 9.18 Å². The molecule has 2 unspecified atom stereocenters. The van der Waals surface area contributed by atoms with Gasteiger partial charge in [-0.25, -0.2) is 4.39 Å². The van der Waals surface area contributed by atoms with Crippen LogP contribution in [-0.4, -0.2) is 43.6 Å². The molecule has 1 aromatic rings. The third-order valence-corrected chi connectivity index (χ3v) is 4.87. The second-order valence-electron chi connectivity index (χ2n) is 6.23. The number of amides is 1. The Balaban J connectivity index is 1.79. The van der Waals surface area contributed by atoms with E-state index in [2.05, 4.69) is 5.32 Å². The first-order chi connectivity index (χ1) is 11.1. The molecule has 23 heavy (non-hydrogen) atoms. The van der Waals surface area contributed by atoms with Crippen molar-refractivity contribution in [2.45, 2.75) is 25.4 Å². The topological polar surface area (TPSA) is 41.6 Å². The van der Waals surface area contributed by atoms with Gasteiger partial charge in [0.1, 0.15) is 5.82 Å². The number of nitrogens with one attached hydrogen (secondary N) is 1. The molecule has 3 rings (SSSR count). The van der Waals surface area contributed by atoms with Crippen LogP contribution in [0.4, 0.5) is 4.39 Å². The molecule has 126 valence electrons. The highest BCUT2D eigenvalue weighted by molar-refractivity contribution is 6.30. The van der Waals surface area contributed by atoms with Crippen LogP contribution in [0, 0.1) is 11.7 Å². The van der Waals surface area contributed by atoms with Crippen molar-refractivity contribution in [2.24, 2.45) is 5.92 Å². The van der Waals surface area contributed by atoms with Crippen molar-refractivity contribution in [3.63, 3.8) is 0 Å². The number of carbonyl (C=O) groups is 1. The number of rotatable bonds is 3. The first-order valence-electron chi connectivity index (χ1n) is 8.20. The van der Waals surface area contributed by atoms with Gasteiger partial charge in [-0.15, -0.1) is 0 Å². The van der Waals surface area contributed by atoms with E-state index in [1.165, 1.54) is 6.07 Å². The highest BCUT2D eigenvalue weighted by atomic mass is 35.5. The largest absolute Gasteiger partial charge is 0.372 e. The maximum atomic E-state index is 13.8. The highest BCUT2D eigenvalue weighted by Gasteiger charge is 2.30. The van der Waals surface area contributed by atoms with Crippen molar-refractivity contribution in [3.05, 3.63) is 34.6 Å². The lowest BCUT2D eigenvalue weighted by molar-refractivity contribution is -0.134. The molecule has 0 aromatic heterocycles. The zero-order chi connectivity index (χ0) is 16.2. The quantitative estimate of drug-likeness (QED) is 0.920. The molecule has 0 bridgehead atoms. The number of halogens is 2. The van der Waals surface area contributed by atoms with E-state index in [1.807, 2.05) is 11.0 Å². The smallest absolute Gasteiger partial charge is 0.222 e. The second kappa shape index (κ2) is 7.60. The third-order valence-electron chi connectivity index (χ3n) is 4.56. The summed E-state index contributed by atoms with van der Waals surface area (Å²) in [4.78, 5) is 14.0. The molecule has 0 saturated carbocycles. The zero-order valence-electron chi connectivity index (χ0n) is 13.1. The van der Waals surface area contributed by atoms with Gasteiger partial charge in [0.05, 0.1) is 17.7 Å². The maximum absolute atomic E-state index is 13.8. The first-order valence-corrected chi connectivity index (χ1v) is 8.58. The van der Waals surface area contributed by atoms with E-state index >= 15 is 0 Å². The van der Waals surface area contributed by atoms with E-state index in [0.717, 1.165) is 38.0 Å². The molecule has 0 aliphatic carbocycles. The minimum absolute atomic E-state index is 0.0973. The van der Waals surface area contributed by atoms with Crippen molar-refractivity contribution in [2.75, 3.05) is 32.8 Å². The summed E-state index contributed by atoms with van der Waals surface area (Å²) in [5.41, 5.74) is 0.782. The minimum Gasteiger partial charge on any atom is -0.372 e. The lowest BCUT2D eigenvalue weighted by atomic mass is 9.94. The fourth-order valence-electron chi connectivity index (χ4n) is 3.34. The van der Waals surface area contributed by atoms with Crippen LogP contribution in [0.2, 0.25) is 5.02 Å². The van der Waals surface area contributed by atoms with Crippen LogP contribution in [0.15, 0.2) is 18.2 Å². The Hall–Kier alpha value is -1.17. The summed E-state index contributed by atoms with van der Waals surface area (Å²) in [7, 11) is 0. The van der Waals surface area contributed by atoms with Crippen LogP contribution in [0.25, 0.3) is 0 Å². The Morgan fingerprint density at radius 3 is 3.04 bits per heavy atom. The van der Waals surface area contributed by atoms with Gasteiger partial charge in [-0.3, -0.25) is 4.79 Å². The van der Waals surface area contributed by atoms with Gasteiger partial charge in [0.25, 0.3) is 0 Å². The number of hydrogen-bond acceptors (Lipinski definition) is 3. The van der Waals surface area contributed by atoms with Crippen molar-refractivity contribution in [1.82, 2.24) is 10.2 Å². The van der Waals surface area contributed by atoms with Gasteiger partial charge in [0.2, 0.25) is 5.91 Å². The van der Waals surface area contributed by atoms with Gasteiger partial charge in [0.15, 0.2) is 0 Å². The summed E-state index contributed by atoms with van der Waals surface area (Å²) < 4.78 is 19.8. The maximum Gasteiger partial charge on any atom is 0.222 e. The molecule has 1 aromatic carbocycles. The predicted molar refractivity (Wildman–Crippen MR) is 86.9 cm³/mol. The first kappa shape index (κ1) is 16.7. The predicted octanol–water partition coefficient (Wildman–Crippen LogP) is 2.77. The molecule has 2 saturated heterocycles. The van der Waals surface area contributed by atoms with E-state index in [0.29, 0.717) is 19.6 Å². The molecule has 2 atom stereocenters. The Kier molecular flexibility index (Phi) is 5.51. The molecule has 2 aliphatic rings. The molecular weight excluding hydrogens is 319 g/mol. The summed E-state index contributed by atoms with van der Waals surface area (Å²) >= 11 is 5.78. The van der Waals surface area contributed by atoms with Gasteiger partial charge < -0.3 is 15.0 Å². The zero-order valence-corrected chi connectivity index (χ0v) is 13.8. The average molecular weight is 341 g/mol. The summed E-state index contributed by atoms with van der Waals surface area (Å²) in [6.07, 6.45) is 2.42. The normalized spacial score (nSPS) is 26.2. The molecule has 2 heterocycles. The average Bonchev–Trinajstić information content (AvgIpc) is 2.78. The molecule has 2 aliphatic heterocycles. The lowest BCUT2D eigenvalue weighted by Crippen LogP contribution is -2.42. The summed E-state index contributed by atoms with van der Waals surface area (Å²) in [5, 5.41) is 3.46. The number of hydrogen-bond donors (Lipinski definition) is 1. The number of likely N-dealkylation sites (tertiary alicyclic amines) is 1. The van der Waals surface area contributed by atoms with Crippen molar-refractivity contribution >= 4 is 17.5 Å². The van der Waals surface area contributed by atoms with Gasteiger partial charge >= 0.3 is 0 Å². The van der Waals surface area contributed by atoms with E-state index in [4.69, 9.17) is 16.3 Å². The van der Waals surface area contributed by atoms with Gasteiger partial charge in [-0.2, -0.15) is 0 Å². The summed E-state index contributed by atoms with van der Waals surface area (Å²) in [6, 6.07) is 4.83. The third kappa shape index (κ3) is 4.03. The fourth-order valence-corrected chi connectivity index (χ4v) is 3.46. The van der Waals surface area contributed by atoms with E-state index < -0.39 is 5.82 Å². The Bertz CT molecular complexity index is 570. The summed E-state index contributed by atoms with van der Waals surface area (Å²) in [5.74, 6) is -0.126. The monoisotopic (exact) mass is 340 g/mol.